The first-order valence-electron chi connectivity index (χ1n) is 12.9. The molecule has 8 nitrogen and oxygen atoms in total. The molecule has 3 aromatic heterocycles. The standard InChI is InChI=1S/C28H32F3N7O/c1-16(2)37-24(39)20-15-33-25(35-18-7-8-21-17(13-18)9-12-34-27(21,5)6)36-23(20)38(37)19-10-11-32-22(14-19)26(3,4)28(29,30)31/h7-8,10-11,13-16,34H,9,12H2,1-6H3,(H,33,35,36). The number of pyridine rings is 1. The lowest BCUT2D eigenvalue weighted by Crippen LogP contribution is -2.42. The SMILES string of the molecule is CC(C)n1c(=O)c2cnc(Nc3ccc4c(c3)CCNC4(C)C)nc2n1-c1ccnc(C(C)(C)C(F)(F)F)c1. The lowest BCUT2D eigenvalue weighted by atomic mass is 9.85. The first-order chi connectivity index (χ1) is 18.2. The topological polar surface area (TPSA) is 89.7 Å². The van der Waals surface area contributed by atoms with Gasteiger partial charge in [-0.15, -0.1) is 0 Å². The van der Waals surface area contributed by atoms with Crippen LogP contribution >= 0.6 is 0 Å². The van der Waals surface area contributed by atoms with E-state index in [9.17, 15) is 18.0 Å². The molecule has 39 heavy (non-hydrogen) atoms. The summed E-state index contributed by atoms with van der Waals surface area (Å²) in [5, 5.41) is 7.02. The maximum atomic E-state index is 13.8. The average Bonchev–Trinajstić information content (AvgIpc) is 3.15. The van der Waals surface area contributed by atoms with Crippen LogP contribution in [0.4, 0.5) is 24.8 Å². The molecular weight excluding hydrogens is 507 g/mol. The Balaban J connectivity index is 1.62. The third-order valence-electron chi connectivity index (χ3n) is 7.45. The third-order valence-corrected chi connectivity index (χ3v) is 7.45. The summed E-state index contributed by atoms with van der Waals surface area (Å²) in [6.07, 6.45) is -0.837. The molecule has 0 radical (unpaired) electrons. The fourth-order valence-electron chi connectivity index (χ4n) is 5.03. The summed E-state index contributed by atoms with van der Waals surface area (Å²) in [5.74, 6) is 0.273. The summed E-state index contributed by atoms with van der Waals surface area (Å²) >= 11 is 0. The highest BCUT2D eigenvalue weighted by Crippen LogP contribution is 2.40. The molecule has 0 saturated carbocycles. The van der Waals surface area contributed by atoms with Gasteiger partial charge in [0.1, 0.15) is 10.8 Å². The van der Waals surface area contributed by atoms with E-state index in [4.69, 9.17) is 0 Å². The molecule has 1 aromatic carbocycles. The highest BCUT2D eigenvalue weighted by atomic mass is 19.4. The summed E-state index contributed by atoms with van der Waals surface area (Å²) < 4.78 is 44.4. The van der Waals surface area contributed by atoms with Gasteiger partial charge in [0.25, 0.3) is 5.56 Å². The van der Waals surface area contributed by atoms with E-state index in [0.717, 1.165) is 32.5 Å². The normalized spacial score (nSPS) is 15.5. The summed E-state index contributed by atoms with van der Waals surface area (Å²) in [7, 11) is 0. The number of hydrogen-bond acceptors (Lipinski definition) is 6. The van der Waals surface area contributed by atoms with E-state index in [1.165, 1.54) is 34.3 Å². The number of fused-ring (bicyclic) bond motifs is 2. The van der Waals surface area contributed by atoms with E-state index in [1.54, 1.807) is 10.7 Å². The summed E-state index contributed by atoms with van der Waals surface area (Å²) in [5.41, 5.74) is 1.11. The molecule has 0 amide bonds. The van der Waals surface area contributed by atoms with Crippen LogP contribution in [0.25, 0.3) is 16.7 Å². The lowest BCUT2D eigenvalue weighted by Gasteiger charge is -2.34. The maximum Gasteiger partial charge on any atom is 0.399 e. The second-order valence-corrected chi connectivity index (χ2v) is 11.3. The van der Waals surface area contributed by atoms with Crippen LogP contribution in [0.1, 0.15) is 64.4 Å². The van der Waals surface area contributed by atoms with Crippen molar-refractivity contribution in [3.8, 4) is 5.69 Å². The maximum absolute atomic E-state index is 13.8. The van der Waals surface area contributed by atoms with Crippen molar-refractivity contribution >= 4 is 22.7 Å². The fraction of sp³-hybridized carbons (Fsp3) is 0.429. The summed E-state index contributed by atoms with van der Waals surface area (Å²) in [6.45, 7) is 11.0. The van der Waals surface area contributed by atoms with Gasteiger partial charge in [0.05, 0.1) is 11.4 Å². The van der Waals surface area contributed by atoms with Crippen LogP contribution in [0.5, 0.6) is 0 Å². The van der Waals surface area contributed by atoms with Crippen LogP contribution in [-0.4, -0.2) is 37.0 Å². The molecule has 5 rings (SSSR count). The van der Waals surface area contributed by atoms with Crippen molar-refractivity contribution in [2.75, 3.05) is 11.9 Å². The quantitative estimate of drug-likeness (QED) is 0.347. The molecule has 0 atom stereocenters. The molecule has 0 spiro atoms. The van der Waals surface area contributed by atoms with Crippen LogP contribution in [-0.2, 0) is 17.4 Å². The van der Waals surface area contributed by atoms with Crippen LogP contribution < -0.4 is 16.2 Å². The minimum atomic E-state index is -4.51. The third kappa shape index (κ3) is 4.58. The number of anilines is 2. The Morgan fingerprint density at radius 1 is 1.10 bits per heavy atom. The van der Waals surface area contributed by atoms with Crippen molar-refractivity contribution < 1.29 is 13.2 Å². The number of rotatable bonds is 5. The number of nitrogens with one attached hydrogen (secondary N) is 2. The lowest BCUT2D eigenvalue weighted by molar-refractivity contribution is -0.181. The van der Waals surface area contributed by atoms with Gasteiger partial charge in [-0.1, -0.05) is 6.07 Å². The zero-order chi connectivity index (χ0) is 28.3. The molecule has 0 fully saturated rings. The van der Waals surface area contributed by atoms with Crippen LogP contribution in [0.2, 0.25) is 0 Å². The number of alkyl halides is 3. The molecule has 0 aliphatic carbocycles. The van der Waals surface area contributed by atoms with E-state index in [2.05, 4.69) is 51.6 Å². The van der Waals surface area contributed by atoms with E-state index in [-0.39, 0.29) is 39.8 Å². The van der Waals surface area contributed by atoms with Crippen LogP contribution in [0.3, 0.4) is 0 Å². The van der Waals surface area contributed by atoms with Gasteiger partial charge in [-0.2, -0.15) is 18.2 Å². The minimum absolute atomic E-state index is 0.124. The highest BCUT2D eigenvalue weighted by molar-refractivity contribution is 5.77. The largest absolute Gasteiger partial charge is 0.399 e. The van der Waals surface area contributed by atoms with Crippen LogP contribution in [0.15, 0.2) is 47.5 Å². The zero-order valence-electron chi connectivity index (χ0n) is 22.8. The average molecular weight is 540 g/mol. The Hall–Kier alpha value is -3.73. The Morgan fingerprint density at radius 2 is 1.85 bits per heavy atom. The van der Waals surface area contributed by atoms with Gasteiger partial charge in [-0.3, -0.25) is 9.78 Å². The molecule has 1 aliphatic heterocycles. The zero-order valence-corrected chi connectivity index (χ0v) is 22.8. The Labute approximate surface area is 224 Å². The van der Waals surface area contributed by atoms with Crippen molar-refractivity contribution in [2.24, 2.45) is 0 Å². The summed E-state index contributed by atoms with van der Waals surface area (Å²) in [4.78, 5) is 26.4. The molecule has 0 bridgehead atoms. The molecule has 206 valence electrons. The number of nitrogens with zero attached hydrogens (tertiary/aromatic N) is 5. The first kappa shape index (κ1) is 26.9. The molecular formula is C28H32F3N7O. The Kier molecular flexibility index (Phi) is 6.32. The van der Waals surface area contributed by atoms with Gasteiger partial charge >= 0.3 is 6.18 Å². The molecule has 0 saturated heterocycles. The predicted octanol–water partition coefficient (Wildman–Crippen LogP) is 5.52. The van der Waals surface area contributed by atoms with Crippen molar-refractivity contribution in [3.63, 3.8) is 0 Å². The second kappa shape index (κ2) is 9.18. The monoisotopic (exact) mass is 539 g/mol. The second-order valence-electron chi connectivity index (χ2n) is 11.3. The number of benzene rings is 1. The fourth-order valence-corrected chi connectivity index (χ4v) is 5.03. The highest BCUT2D eigenvalue weighted by Gasteiger charge is 2.49. The van der Waals surface area contributed by atoms with Crippen molar-refractivity contribution in [1.82, 2.24) is 29.6 Å². The van der Waals surface area contributed by atoms with Gasteiger partial charge in [-0.25, -0.2) is 14.3 Å². The Bertz CT molecular complexity index is 1620. The molecule has 4 aromatic rings. The summed E-state index contributed by atoms with van der Waals surface area (Å²) in [6, 6.07) is 8.75. The predicted molar refractivity (Wildman–Crippen MR) is 145 cm³/mol. The van der Waals surface area contributed by atoms with E-state index >= 15 is 0 Å². The number of hydrogen-bond donors (Lipinski definition) is 2. The van der Waals surface area contributed by atoms with Gasteiger partial charge in [-0.05, 0) is 89.9 Å². The van der Waals surface area contributed by atoms with E-state index < -0.39 is 11.6 Å². The smallest absolute Gasteiger partial charge is 0.324 e. The van der Waals surface area contributed by atoms with Crippen molar-refractivity contribution in [3.05, 3.63) is 69.9 Å². The van der Waals surface area contributed by atoms with Crippen LogP contribution in [0, 0.1) is 0 Å². The van der Waals surface area contributed by atoms with Gasteiger partial charge in [0, 0.05) is 29.7 Å². The van der Waals surface area contributed by atoms with Crippen molar-refractivity contribution in [1.29, 1.82) is 0 Å². The number of aromatic nitrogens is 5. The molecule has 4 heterocycles. The van der Waals surface area contributed by atoms with Gasteiger partial charge < -0.3 is 10.6 Å². The molecule has 11 heteroatoms. The van der Waals surface area contributed by atoms with Crippen molar-refractivity contribution in [2.45, 2.75) is 71.1 Å². The number of halogens is 3. The first-order valence-corrected chi connectivity index (χ1v) is 12.9. The molecule has 0 unspecified atom stereocenters. The van der Waals surface area contributed by atoms with E-state index in [1.807, 2.05) is 19.9 Å². The van der Waals surface area contributed by atoms with E-state index in [0.29, 0.717) is 5.69 Å². The van der Waals surface area contributed by atoms with Gasteiger partial charge in [0.15, 0.2) is 5.65 Å². The Morgan fingerprint density at radius 3 is 2.54 bits per heavy atom. The molecule has 2 N–H and O–H groups in total. The van der Waals surface area contributed by atoms with Gasteiger partial charge in [0.2, 0.25) is 5.95 Å². The minimum Gasteiger partial charge on any atom is -0.324 e. The molecule has 1 aliphatic rings.